The Kier molecular flexibility index (Phi) is 6.60. The van der Waals surface area contributed by atoms with Crippen molar-refractivity contribution in [3.8, 4) is 17.2 Å². The van der Waals surface area contributed by atoms with Crippen molar-refractivity contribution in [3.05, 3.63) is 51.5 Å². The molecule has 0 amide bonds. The van der Waals surface area contributed by atoms with Crippen molar-refractivity contribution in [1.29, 1.82) is 0 Å². The molecule has 24 heavy (non-hydrogen) atoms. The number of halogens is 2. The van der Waals surface area contributed by atoms with Crippen LogP contribution in [0.15, 0.2) is 30.3 Å². The minimum absolute atomic E-state index is 0.110. The van der Waals surface area contributed by atoms with E-state index in [2.05, 4.69) is 12.2 Å². The van der Waals surface area contributed by atoms with Crippen molar-refractivity contribution in [1.82, 2.24) is 5.32 Å². The van der Waals surface area contributed by atoms with Crippen LogP contribution >= 0.6 is 23.2 Å². The van der Waals surface area contributed by atoms with Crippen molar-refractivity contribution < 1.29 is 14.2 Å². The largest absolute Gasteiger partial charge is 0.493 e. The van der Waals surface area contributed by atoms with Crippen LogP contribution in [0.1, 0.15) is 24.1 Å². The van der Waals surface area contributed by atoms with Gasteiger partial charge in [0, 0.05) is 12.6 Å². The minimum Gasteiger partial charge on any atom is -0.493 e. The van der Waals surface area contributed by atoms with Gasteiger partial charge < -0.3 is 19.5 Å². The molecule has 0 aliphatic rings. The van der Waals surface area contributed by atoms with Gasteiger partial charge in [-0.25, -0.2) is 0 Å². The Morgan fingerprint density at radius 2 is 1.54 bits per heavy atom. The Labute approximate surface area is 152 Å². The van der Waals surface area contributed by atoms with Gasteiger partial charge in [0.05, 0.1) is 31.4 Å². The highest BCUT2D eigenvalue weighted by molar-refractivity contribution is 6.42. The van der Waals surface area contributed by atoms with Gasteiger partial charge in [-0.15, -0.1) is 0 Å². The third-order valence-electron chi connectivity index (χ3n) is 3.78. The lowest BCUT2D eigenvalue weighted by Gasteiger charge is -2.17. The van der Waals surface area contributed by atoms with Crippen LogP contribution in [0.5, 0.6) is 17.2 Å². The van der Waals surface area contributed by atoms with Gasteiger partial charge in [-0.05, 0) is 42.3 Å². The summed E-state index contributed by atoms with van der Waals surface area (Å²) in [6, 6.07) is 9.60. The van der Waals surface area contributed by atoms with E-state index in [-0.39, 0.29) is 6.04 Å². The van der Waals surface area contributed by atoms with E-state index in [0.717, 1.165) is 11.1 Å². The Morgan fingerprint density at radius 1 is 0.917 bits per heavy atom. The summed E-state index contributed by atoms with van der Waals surface area (Å²) in [4.78, 5) is 0. The van der Waals surface area contributed by atoms with Gasteiger partial charge >= 0.3 is 0 Å². The summed E-state index contributed by atoms with van der Waals surface area (Å²) in [6.07, 6.45) is 0. The quantitative estimate of drug-likeness (QED) is 0.755. The van der Waals surface area contributed by atoms with Crippen molar-refractivity contribution >= 4 is 23.2 Å². The Balaban J connectivity index is 2.14. The van der Waals surface area contributed by atoms with Gasteiger partial charge in [-0.1, -0.05) is 29.3 Å². The predicted molar refractivity (Wildman–Crippen MR) is 97.8 cm³/mol. The molecule has 0 radical (unpaired) electrons. The molecule has 0 aromatic heterocycles. The number of hydrogen-bond acceptors (Lipinski definition) is 4. The molecule has 130 valence electrons. The van der Waals surface area contributed by atoms with Gasteiger partial charge in [0.15, 0.2) is 11.5 Å². The standard InChI is InChI=1S/C18H21Cl2NO3/c1-11(13-5-6-14(19)15(20)9-13)21-10-12-7-16(22-2)18(24-4)17(8-12)23-3/h5-9,11,21H,10H2,1-4H3/t11-/m0/s1. The molecule has 2 rings (SSSR count). The maximum Gasteiger partial charge on any atom is 0.203 e. The smallest absolute Gasteiger partial charge is 0.203 e. The average molecular weight is 370 g/mol. The third-order valence-corrected chi connectivity index (χ3v) is 4.52. The van der Waals surface area contributed by atoms with Crippen LogP contribution < -0.4 is 19.5 Å². The molecular weight excluding hydrogens is 349 g/mol. The van der Waals surface area contributed by atoms with E-state index in [4.69, 9.17) is 37.4 Å². The lowest BCUT2D eigenvalue weighted by Crippen LogP contribution is -2.18. The molecule has 1 N–H and O–H groups in total. The van der Waals surface area contributed by atoms with Crippen LogP contribution in [0, 0.1) is 0 Å². The molecule has 0 saturated heterocycles. The summed E-state index contributed by atoms with van der Waals surface area (Å²) in [5, 5.41) is 4.55. The van der Waals surface area contributed by atoms with E-state index in [1.807, 2.05) is 24.3 Å². The molecule has 4 nitrogen and oxygen atoms in total. The molecule has 2 aromatic carbocycles. The second kappa shape index (κ2) is 8.47. The zero-order chi connectivity index (χ0) is 17.7. The van der Waals surface area contributed by atoms with Crippen molar-refractivity contribution in [2.75, 3.05) is 21.3 Å². The molecule has 0 aliphatic heterocycles. The van der Waals surface area contributed by atoms with Crippen LogP contribution in [0.2, 0.25) is 10.0 Å². The first kappa shape index (κ1) is 18.7. The van der Waals surface area contributed by atoms with E-state index >= 15 is 0 Å². The fraction of sp³-hybridized carbons (Fsp3) is 0.333. The number of benzene rings is 2. The normalized spacial score (nSPS) is 11.9. The molecule has 0 fully saturated rings. The second-order valence-corrected chi connectivity index (χ2v) is 6.12. The summed E-state index contributed by atoms with van der Waals surface area (Å²) in [6.45, 7) is 2.70. The SMILES string of the molecule is COc1cc(CN[C@@H](C)c2ccc(Cl)c(Cl)c2)cc(OC)c1OC. The average Bonchev–Trinajstić information content (AvgIpc) is 2.60. The van der Waals surface area contributed by atoms with Crippen molar-refractivity contribution in [2.24, 2.45) is 0 Å². The van der Waals surface area contributed by atoms with Gasteiger partial charge in [0.25, 0.3) is 0 Å². The molecule has 0 spiro atoms. The Morgan fingerprint density at radius 3 is 2.04 bits per heavy atom. The van der Waals surface area contributed by atoms with Gasteiger partial charge in [-0.2, -0.15) is 0 Å². The molecular formula is C18H21Cl2NO3. The number of nitrogens with one attached hydrogen (secondary N) is 1. The minimum atomic E-state index is 0.110. The number of ether oxygens (including phenoxy) is 3. The first-order chi connectivity index (χ1) is 11.5. The summed E-state index contributed by atoms with van der Waals surface area (Å²) in [5.41, 5.74) is 2.09. The zero-order valence-electron chi connectivity index (χ0n) is 14.2. The highest BCUT2D eigenvalue weighted by Gasteiger charge is 2.14. The number of rotatable bonds is 7. The van der Waals surface area contributed by atoms with Crippen LogP contribution in [0.3, 0.4) is 0 Å². The number of methoxy groups -OCH3 is 3. The maximum atomic E-state index is 6.08. The van der Waals surface area contributed by atoms with E-state index in [1.54, 1.807) is 27.4 Å². The molecule has 1 atom stereocenters. The Hall–Kier alpha value is -1.62. The first-order valence-electron chi connectivity index (χ1n) is 7.47. The molecule has 0 unspecified atom stereocenters. The fourth-order valence-electron chi connectivity index (χ4n) is 2.41. The maximum absolute atomic E-state index is 6.08. The molecule has 0 heterocycles. The van der Waals surface area contributed by atoms with Crippen molar-refractivity contribution in [3.63, 3.8) is 0 Å². The Bertz CT molecular complexity index is 682. The highest BCUT2D eigenvalue weighted by atomic mass is 35.5. The summed E-state index contributed by atoms with van der Waals surface area (Å²) >= 11 is 12.0. The molecule has 6 heteroatoms. The molecule has 0 bridgehead atoms. The molecule has 2 aromatic rings. The van der Waals surface area contributed by atoms with Crippen molar-refractivity contribution in [2.45, 2.75) is 19.5 Å². The first-order valence-corrected chi connectivity index (χ1v) is 8.23. The number of hydrogen-bond donors (Lipinski definition) is 1. The van der Waals surface area contributed by atoms with E-state index in [9.17, 15) is 0 Å². The topological polar surface area (TPSA) is 39.7 Å². The van der Waals surface area contributed by atoms with E-state index < -0.39 is 0 Å². The van der Waals surface area contributed by atoms with Crippen LogP contribution in [-0.4, -0.2) is 21.3 Å². The lowest BCUT2D eigenvalue weighted by molar-refractivity contribution is 0.323. The van der Waals surface area contributed by atoms with Crippen LogP contribution in [0.4, 0.5) is 0 Å². The molecule has 0 aliphatic carbocycles. The summed E-state index contributed by atoms with van der Waals surface area (Å²) < 4.78 is 16.1. The predicted octanol–water partition coefficient (Wildman–Crippen LogP) is 4.87. The van der Waals surface area contributed by atoms with Gasteiger partial charge in [-0.3, -0.25) is 0 Å². The van der Waals surface area contributed by atoms with Gasteiger partial charge in [0.2, 0.25) is 5.75 Å². The monoisotopic (exact) mass is 369 g/mol. The second-order valence-electron chi connectivity index (χ2n) is 5.31. The third kappa shape index (κ3) is 4.26. The summed E-state index contributed by atoms with van der Waals surface area (Å²) in [5.74, 6) is 1.85. The van der Waals surface area contributed by atoms with E-state index in [1.165, 1.54) is 0 Å². The van der Waals surface area contributed by atoms with E-state index in [0.29, 0.717) is 33.8 Å². The fourth-order valence-corrected chi connectivity index (χ4v) is 2.71. The summed E-state index contributed by atoms with van der Waals surface area (Å²) in [7, 11) is 4.80. The lowest BCUT2D eigenvalue weighted by atomic mass is 10.1. The highest BCUT2D eigenvalue weighted by Crippen LogP contribution is 2.38. The molecule has 0 saturated carbocycles. The van der Waals surface area contributed by atoms with Crippen LogP contribution in [-0.2, 0) is 6.54 Å². The van der Waals surface area contributed by atoms with Crippen LogP contribution in [0.25, 0.3) is 0 Å². The zero-order valence-corrected chi connectivity index (χ0v) is 15.7. The van der Waals surface area contributed by atoms with Gasteiger partial charge in [0.1, 0.15) is 0 Å².